The molecular formula is C21H26N6O3. The van der Waals surface area contributed by atoms with E-state index in [-0.39, 0.29) is 29.1 Å². The van der Waals surface area contributed by atoms with Gasteiger partial charge in [0.15, 0.2) is 0 Å². The van der Waals surface area contributed by atoms with E-state index in [1.807, 2.05) is 24.3 Å². The van der Waals surface area contributed by atoms with Crippen molar-refractivity contribution < 1.29 is 9.53 Å². The number of aryl methyl sites for hydroxylation is 1. The fourth-order valence-electron chi connectivity index (χ4n) is 3.82. The lowest BCUT2D eigenvalue weighted by molar-refractivity contribution is 0.0927. The van der Waals surface area contributed by atoms with E-state index >= 15 is 0 Å². The molecule has 1 fully saturated rings. The van der Waals surface area contributed by atoms with Gasteiger partial charge in [-0.25, -0.2) is 4.98 Å². The van der Waals surface area contributed by atoms with Crippen molar-refractivity contribution in [2.24, 2.45) is 0 Å². The summed E-state index contributed by atoms with van der Waals surface area (Å²) >= 11 is 0. The minimum atomic E-state index is -0.368. The summed E-state index contributed by atoms with van der Waals surface area (Å²) in [6.07, 6.45) is 2.30. The summed E-state index contributed by atoms with van der Waals surface area (Å²) in [5, 5.41) is 5.73. The monoisotopic (exact) mass is 410 g/mol. The zero-order valence-electron chi connectivity index (χ0n) is 17.4. The zero-order chi connectivity index (χ0) is 21.3. The highest BCUT2D eigenvalue weighted by molar-refractivity contribution is 5.90. The van der Waals surface area contributed by atoms with E-state index in [2.05, 4.69) is 25.3 Å². The van der Waals surface area contributed by atoms with Crippen LogP contribution in [0.5, 0.6) is 5.75 Å². The predicted molar refractivity (Wildman–Crippen MR) is 112 cm³/mol. The van der Waals surface area contributed by atoms with E-state index in [1.54, 1.807) is 21.0 Å². The number of carbonyl (C=O) groups excluding carboxylic acids is 1. The quantitative estimate of drug-likeness (QED) is 0.640. The number of hydrogen-bond donors (Lipinski definition) is 2. The Hall–Kier alpha value is -3.20. The van der Waals surface area contributed by atoms with Gasteiger partial charge in [0.05, 0.1) is 13.2 Å². The highest BCUT2D eigenvalue weighted by Gasteiger charge is 2.25. The van der Waals surface area contributed by atoms with E-state index in [1.165, 1.54) is 4.52 Å². The number of carbonyl (C=O) groups is 1. The van der Waals surface area contributed by atoms with Gasteiger partial charge in [-0.05, 0) is 57.5 Å². The van der Waals surface area contributed by atoms with Crippen LogP contribution in [0.15, 0.2) is 29.1 Å². The van der Waals surface area contributed by atoms with E-state index in [0.717, 1.165) is 37.2 Å². The maximum Gasteiger partial charge on any atom is 0.288 e. The van der Waals surface area contributed by atoms with E-state index < -0.39 is 0 Å². The fourth-order valence-corrected chi connectivity index (χ4v) is 3.82. The van der Waals surface area contributed by atoms with Gasteiger partial charge in [-0.2, -0.15) is 9.50 Å². The Morgan fingerprint density at radius 3 is 2.57 bits per heavy atom. The number of fused-ring (bicyclic) bond motifs is 1. The van der Waals surface area contributed by atoms with Crippen molar-refractivity contribution in [3.63, 3.8) is 0 Å². The molecule has 2 aromatic heterocycles. The molecule has 4 rings (SSSR count). The van der Waals surface area contributed by atoms with Crippen LogP contribution in [-0.4, -0.2) is 57.1 Å². The Kier molecular flexibility index (Phi) is 5.54. The van der Waals surface area contributed by atoms with Crippen molar-refractivity contribution in [1.29, 1.82) is 0 Å². The van der Waals surface area contributed by atoms with E-state index in [4.69, 9.17) is 4.74 Å². The largest absolute Gasteiger partial charge is 0.497 e. The van der Waals surface area contributed by atoms with Crippen LogP contribution in [0.2, 0.25) is 0 Å². The molecular weight excluding hydrogens is 384 g/mol. The first-order valence-corrected chi connectivity index (χ1v) is 10.1. The first kappa shape index (κ1) is 20.1. The second-order valence-corrected chi connectivity index (χ2v) is 7.58. The standard InChI is InChI=1S/C21H26N6O3/c1-13-14(2)23-21-24-18(25-27(21)20(13)29)19(28)22-12-17(26-10-4-5-11-26)15-6-8-16(30-3)9-7-15/h6-9,17H,4-5,10-12H2,1-3H3,(H,22,28)(H,23,24,25). The third kappa shape index (κ3) is 3.80. The summed E-state index contributed by atoms with van der Waals surface area (Å²) in [4.78, 5) is 36.0. The summed E-state index contributed by atoms with van der Waals surface area (Å²) in [7, 11) is 1.64. The van der Waals surface area contributed by atoms with Gasteiger partial charge >= 0.3 is 0 Å². The molecule has 1 atom stereocenters. The molecule has 1 amide bonds. The predicted octanol–water partition coefficient (Wildman–Crippen LogP) is 1.61. The number of hydrogen-bond acceptors (Lipinski definition) is 6. The molecule has 1 aromatic carbocycles. The van der Waals surface area contributed by atoms with Crippen LogP contribution in [0.25, 0.3) is 5.78 Å². The summed E-state index contributed by atoms with van der Waals surface area (Å²) in [5.41, 5.74) is 1.99. The molecule has 2 N–H and O–H groups in total. The lowest BCUT2D eigenvalue weighted by Crippen LogP contribution is -2.37. The Morgan fingerprint density at radius 1 is 1.20 bits per heavy atom. The van der Waals surface area contributed by atoms with Crippen LogP contribution in [-0.2, 0) is 0 Å². The van der Waals surface area contributed by atoms with Gasteiger partial charge in [0.1, 0.15) is 5.75 Å². The lowest BCUT2D eigenvalue weighted by atomic mass is 10.1. The van der Waals surface area contributed by atoms with Crippen molar-refractivity contribution in [3.05, 3.63) is 57.3 Å². The summed E-state index contributed by atoms with van der Waals surface area (Å²) < 4.78 is 6.46. The molecule has 1 aliphatic rings. The molecule has 1 unspecified atom stereocenters. The van der Waals surface area contributed by atoms with Crippen LogP contribution in [0.3, 0.4) is 0 Å². The van der Waals surface area contributed by atoms with Gasteiger partial charge in [0, 0.05) is 17.8 Å². The fraction of sp³-hybridized carbons (Fsp3) is 0.429. The average molecular weight is 410 g/mol. The first-order valence-electron chi connectivity index (χ1n) is 10.1. The molecule has 9 heteroatoms. The highest BCUT2D eigenvalue weighted by atomic mass is 16.5. The molecule has 0 radical (unpaired) electrons. The number of nitrogens with one attached hydrogen (secondary N) is 2. The Bertz CT molecular complexity index is 1110. The second kappa shape index (κ2) is 8.27. The Balaban J connectivity index is 1.54. The van der Waals surface area contributed by atoms with Crippen molar-refractivity contribution in [2.45, 2.75) is 32.7 Å². The average Bonchev–Trinajstić information content (AvgIpc) is 3.43. The molecule has 1 saturated heterocycles. The maximum absolute atomic E-state index is 12.8. The summed E-state index contributed by atoms with van der Waals surface area (Å²) in [5.74, 6) is 0.695. The molecule has 1 aliphatic heterocycles. The third-order valence-corrected chi connectivity index (χ3v) is 5.72. The van der Waals surface area contributed by atoms with Crippen LogP contribution >= 0.6 is 0 Å². The lowest BCUT2D eigenvalue weighted by Gasteiger charge is -2.28. The van der Waals surface area contributed by atoms with Crippen molar-refractivity contribution in [3.8, 4) is 5.75 Å². The molecule has 0 spiro atoms. The van der Waals surface area contributed by atoms with Gasteiger partial charge in [0.2, 0.25) is 5.82 Å². The zero-order valence-corrected chi connectivity index (χ0v) is 17.4. The smallest absolute Gasteiger partial charge is 0.288 e. The summed E-state index contributed by atoms with van der Waals surface area (Å²) in [6.45, 7) is 5.88. The van der Waals surface area contributed by atoms with E-state index in [0.29, 0.717) is 17.8 Å². The SMILES string of the molecule is COc1ccc(C(CNC(=O)c2nc3nc(C)c(C)c(=O)n3[nH]2)N2CCCC2)cc1. The minimum Gasteiger partial charge on any atom is -0.497 e. The van der Waals surface area contributed by atoms with Crippen molar-refractivity contribution in [2.75, 3.05) is 26.7 Å². The number of aromatic nitrogens is 4. The number of likely N-dealkylation sites (tertiary alicyclic amines) is 1. The molecule has 30 heavy (non-hydrogen) atoms. The van der Waals surface area contributed by atoms with Gasteiger partial charge in [-0.1, -0.05) is 12.1 Å². The number of methoxy groups -OCH3 is 1. The van der Waals surface area contributed by atoms with Gasteiger partial charge in [-0.3, -0.25) is 19.6 Å². The highest BCUT2D eigenvalue weighted by Crippen LogP contribution is 2.26. The van der Waals surface area contributed by atoms with Gasteiger partial charge in [0.25, 0.3) is 17.2 Å². The Morgan fingerprint density at radius 2 is 1.90 bits per heavy atom. The van der Waals surface area contributed by atoms with Gasteiger partial charge < -0.3 is 10.1 Å². The van der Waals surface area contributed by atoms with Crippen molar-refractivity contribution >= 4 is 11.7 Å². The Labute approximate surface area is 174 Å². The van der Waals surface area contributed by atoms with Crippen LogP contribution in [0, 0.1) is 13.8 Å². The number of rotatable bonds is 6. The van der Waals surface area contributed by atoms with Crippen LogP contribution < -0.4 is 15.6 Å². The molecule has 0 aliphatic carbocycles. The second-order valence-electron chi connectivity index (χ2n) is 7.58. The number of nitrogens with zero attached hydrogens (tertiary/aromatic N) is 4. The number of aromatic amines is 1. The topological polar surface area (TPSA) is 105 Å². The van der Waals surface area contributed by atoms with Crippen molar-refractivity contribution in [1.82, 2.24) is 29.8 Å². The molecule has 0 bridgehead atoms. The number of benzene rings is 1. The molecule has 0 saturated carbocycles. The van der Waals surface area contributed by atoms with Gasteiger partial charge in [-0.15, -0.1) is 0 Å². The third-order valence-electron chi connectivity index (χ3n) is 5.72. The molecule has 9 nitrogen and oxygen atoms in total. The van der Waals surface area contributed by atoms with Crippen LogP contribution in [0.4, 0.5) is 0 Å². The number of amides is 1. The maximum atomic E-state index is 12.8. The molecule has 3 heterocycles. The number of ether oxygens (including phenoxy) is 1. The first-order chi connectivity index (χ1) is 14.5. The number of H-pyrrole nitrogens is 1. The minimum absolute atomic E-state index is 0.0528. The molecule has 3 aromatic rings. The molecule has 158 valence electrons. The van der Waals surface area contributed by atoms with Crippen LogP contribution in [0.1, 0.15) is 46.3 Å². The normalized spacial score (nSPS) is 15.4. The summed E-state index contributed by atoms with van der Waals surface area (Å²) in [6, 6.07) is 7.98. The van der Waals surface area contributed by atoms with E-state index in [9.17, 15) is 9.59 Å².